The molecule has 0 amide bonds. The summed E-state index contributed by atoms with van der Waals surface area (Å²) in [5.74, 6) is -4.74. The summed E-state index contributed by atoms with van der Waals surface area (Å²) in [7, 11) is 0. The molecule has 0 aromatic heterocycles. The van der Waals surface area contributed by atoms with Crippen LogP contribution < -0.4 is 0 Å². The standard InChI is InChI=1S/C12H12O7/c13-9(14)5-6-10(15)19-12(18)8-4-2-1-3-7(8)11(16)17/h5-6H,1-4H2,(H,13,14)(H,16,17). The lowest BCUT2D eigenvalue weighted by atomic mass is 9.92. The number of hydrogen-bond donors (Lipinski definition) is 2. The van der Waals surface area contributed by atoms with Crippen LogP contribution in [0, 0.1) is 0 Å². The number of carboxylic acids is 2. The molecule has 102 valence electrons. The van der Waals surface area contributed by atoms with Crippen LogP contribution in [0.3, 0.4) is 0 Å². The van der Waals surface area contributed by atoms with E-state index in [2.05, 4.69) is 4.74 Å². The minimum atomic E-state index is -1.35. The first-order valence-electron chi connectivity index (χ1n) is 5.54. The van der Waals surface area contributed by atoms with Crippen molar-refractivity contribution in [2.45, 2.75) is 25.7 Å². The van der Waals surface area contributed by atoms with E-state index in [1.807, 2.05) is 0 Å². The lowest BCUT2D eigenvalue weighted by Crippen LogP contribution is -2.19. The summed E-state index contributed by atoms with van der Waals surface area (Å²) in [5.41, 5.74) is -0.0814. The van der Waals surface area contributed by atoms with Gasteiger partial charge in [-0.15, -0.1) is 0 Å². The second kappa shape index (κ2) is 6.48. The predicted molar refractivity (Wildman–Crippen MR) is 61.0 cm³/mol. The summed E-state index contributed by atoms with van der Waals surface area (Å²) < 4.78 is 4.37. The molecule has 0 unspecified atom stereocenters. The second-order valence-corrected chi connectivity index (χ2v) is 3.85. The van der Waals surface area contributed by atoms with E-state index >= 15 is 0 Å². The number of carboxylic acid groups (broad SMARTS) is 2. The Morgan fingerprint density at radius 1 is 0.947 bits per heavy atom. The van der Waals surface area contributed by atoms with Crippen LogP contribution in [0.25, 0.3) is 0 Å². The second-order valence-electron chi connectivity index (χ2n) is 3.85. The Morgan fingerprint density at radius 3 is 2.05 bits per heavy atom. The van der Waals surface area contributed by atoms with Crippen LogP contribution >= 0.6 is 0 Å². The van der Waals surface area contributed by atoms with Crippen molar-refractivity contribution >= 4 is 23.9 Å². The molecule has 1 aliphatic carbocycles. The van der Waals surface area contributed by atoms with Crippen LogP contribution in [0.4, 0.5) is 0 Å². The van der Waals surface area contributed by atoms with E-state index in [4.69, 9.17) is 10.2 Å². The number of carbonyl (C=O) groups excluding carboxylic acids is 2. The Balaban J connectivity index is 2.79. The number of rotatable bonds is 4. The molecule has 0 fully saturated rings. The van der Waals surface area contributed by atoms with Crippen molar-refractivity contribution in [2.75, 3.05) is 0 Å². The Labute approximate surface area is 108 Å². The topological polar surface area (TPSA) is 118 Å². The van der Waals surface area contributed by atoms with Crippen LogP contribution in [0.2, 0.25) is 0 Å². The van der Waals surface area contributed by atoms with Gasteiger partial charge in [0.2, 0.25) is 0 Å². The third-order valence-electron chi connectivity index (χ3n) is 2.53. The molecule has 2 N–H and O–H groups in total. The Bertz CT molecular complexity index is 484. The van der Waals surface area contributed by atoms with E-state index in [1.165, 1.54) is 0 Å². The van der Waals surface area contributed by atoms with Crippen LogP contribution in [-0.2, 0) is 23.9 Å². The maximum atomic E-state index is 11.6. The van der Waals surface area contributed by atoms with Crippen LogP contribution in [-0.4, -0.2) is 34.1 Å². The highest BCUT2D eigenvalue weighted by Gasteiger charge is 2.25. The number of carbonyl (C=O) groups is 4. The minimum absolute atomic E-state index is 0.0316. The van der Waals surface area contributed by atoms with E-state index in [1.54, 1.807) is 0 Å². The first kappa shape index (κ1) is 14.6. The molecular formula is C12H12O7. The third kappa shape index (κ3) is 4.38. The van der Waals surface area contributed by atoms with Crippen molar-refractivity contribution in [2.24, 2.45) is 0 Å². The summed E-state index contributed by atoms with van der Waals surface area (Å²) in [6.07, 6.45) is 2.90. The molecule has 7 heteroatoms. The summed E-state index contributed by atoms with van der Waals surface area (Å²) in [4.78, 5) is 43.8. The first-order valence-corrected chi connectivity index (χ1v) is 5.54. The summed E-state index contributed by atoms with van der Waals surface area (Å²) in [6.45, 7) is 0. The molecular weight excluding hydrogens is 256 g/mol. The van der Waals surface area contributed by atoms with Gasteiger partial charge < -0.3 is 14.9 Å². The molecule has 0 atom stereocenters. The molecule has 1 aliphatic rings. The van der Waals surface area contributed by atoms with Gasteiger partial charge in [0.15, 0.2) is 0 Å². The van der Waals surface area contributed by atoms with Crippen molar-refractivity contribution in [1.82, 2.24) is 0 Å². The van der Waals surface area contributed by atoms with Gasteiger partial charge in [0.1, 0.15) is 0 Å². The van der Waals surface area contributed by atoms with Gasteiger partial charge in [0.05, 0.1) is 0 Å². The van der Waals surface area contributed by atoms with Crippen molar-refractivity contribution in [3.05, 3.63) is 23.3 Å². The predicted octanol–water partition coefficient (Wildman–Crippen LogP) is 0.652. The maximum Gasteiger partial charge on any atom is 0.342 e. The molecule has 0 radical (unpaired) electrons. The zero-order chi connectivity index (χ0) is 14.4. The van der Waals surface area contributed by atoms with Crippen LogP contribution in [0.15, 0.2) is 23.3 Å². The Kier molecular flexibility index (Phi) is 4.99. The molecule has 0 spiro atoms. The van der Waals surface area contributed by atoms with Gasteiger partial charge >= 0.3 is 23.9 Å². The lowest BCUT2D eigenvalue weighted by Gasteiger charge is -2.15. The summed E-state index contributed by atoms with van der Waals surface area (Å²) >= 11 is 0. The largest absolute Gasteiger partial charge is 0.478 e. The highest BCUT2D eigenvalue weighted by molar-refractivity contribution is 6.05. The zero-order valence-corrected chi connectivity index (χ0v) is 9.92. The first-order chi connectivity index (χ1) is 8.91. The van der Waals surface area contributed by atoms with Crippen molar-refractivity contribution < 1.29 is 34.1 Å². The molecule has 7 nitrogen and oxygen atoms in total. The molecule has 0 aliphatic heterocycles. The monoisotopic (exact) mass is 268 g/mol. The van der Waals surface area contributed by atoms with Gasteiger partial charge in [0, 0.05) is 23.3 Å². The van der Waals surface area contributed by atoms with Crippen molar-refractivity contribution in [3.8, 4) is 0 Å². The smallest absolute Gasteiger partial charge is 0.342 e. The normalized spacial score (nSPS) is 15.4. The lowest BCUT2D eigenvalue weighted by molar-refractivity contribution is -0.154. The van der Waals surface area contributed by atoms with E-state index in [9.17, 15) is 19.2 Å². The summed E-state index contributed by atoms with van der Waals surface area (Å²) in [6, 6.07) is 0. The van der Waals surface area contributed by atoms with Gasteiger partial charge in [-0.1, -0.05) is 0 Å². The fourth-order valence-corrected chi connectivity index (χ4v) is 1.69. The van der Waals surface area contributed by atoms with Crippen molar-refractivity contribution in [1.29, 1.82) is 0 Å². The van der Waals surface area contributed by atoms with Gasteiger partial charge in [0.25, 0.3) is 0 Å². The van der Waals surface area contributed by atoms with Crippen molar-refractivity contribution in [3.63, 3.8) is 0 Å². The molecule has 0 saturated carbocycles. The molecule has 0 aromatic carbocycles. The Hall–Kier alpha value is -2.44. The van der Waals surface area contributed by atoms with Gasteiger partial charge in [-0.25, -0.2) is 19.2 Å². The molecule has 1 rings (SSSR count). The average Bonchev–Trinajstić information content (AvgIpc) is 2.36. The highest BCUT2D eigenvalue weighted by Crippen LogP contribution is 2.25. The van der Waals surface area contributed by atoms with E-state index in [-0.39, 0.29) is 24.0 Å². The van der Waals surface area contributed by atoms with Gasteiger partial charge in [-0.05, 0) is 25.7 Å². The molecule has 0 aromatic rings. The van der Waals surface area contributed by atoms with Crippen LogP contribution in [0.5, 0.6) is 0 Å². The molecule has 0 bridgehead atoms. The third-order valence-corrected chi connectivity index (χ3v) is 2.53. The molecule has 0 saturated heterocycles. The maximum absolute atomic E-state index is 11.6. The zero-order valence-electron chi connectivity index (χ0n) is 9.92. The fourth-order valence-electron chi connectivity index (χ4n) is 1.69. The number of aliphatic carboxylic acids is 2. The van der Waals surface area contributed by atoms with E-state index in [0.717, 1.165) is 0 Å². The number of hydrogen-bond acceptors (Lipinski definition) is 5. The van der Waals surface area contributed by atoms with E-state index < -0.39 is 23.9 Å². The van der Waals surface area contributed by atoms with Crippen LogP contribution in [0.1, 0.15) is 25.7 Å². The molecule has 19 heavy (non-hydrogen) atoms. The average molecular weight is 268 g/mol. The minimum Gasteiger partial charge on any atom is -0.478 e. The quantitative estimate of drug-likeness (QED) is 0.436. The van der Waals surface area contributed by atoms with E-state index in [0.29, 0.717) is 25.0 Å². The van der Waals surface area contributed by atoms with Gasteiger partial charge in [-0.2, -0.15) is 0 Å². The van der Waals surface area contributed by atoms with Gasteiger partial charge in [-0.3, -0.25) is 0 Å². The summed E-state index contributed by atoms with van der Waals surface area (Å²) in [5, 5.41) is 17.2. The number of esters is 2. The highest BCUT2D eigenvalue weighted by atomic mass is 16.6. The SMILES string of the molecule is O=C(O)C=CC(=O)OC(=O)C1=C(C(=O)O)CCCC1. The number of ether oxygens (including phenoxy) is 1. The Morgan fingerprint density at radius 2 is 1.53 bits per heavy atom. The molecule has 0 heterocycles. The fraction of sp³-hybridized carbons (Fsp3) is 0.333.